The van der Waals surface area contributed by atoms with Crippen LogP contribution < -0.4 is 0 Å². The molecule has 60 valence electrons. The van der Waals surface area contributed by atoms with Crippen LogP contribution in [-0.2, 0) is 0 Å². The molecule has 1 atom stereocenters. The molecule has 0 aromatic rings. The van der Waals surface area contributed by atoms with Crippen molar-refractivity contribution < 1.29 is 10.2 Å². The van der Waals surface area contributed by atoms with Crippen LogP contribution in [0.1, 0.15) is 39.0 Å². The lowest BCUT2D eigenvalue weighted by atomic mass is 9.83. The van der Waals surface area contributed by atoms with Crippen LogP contribution in [0.4, 0.5) is 0 Å². The second-order valence-corrected chi connectivity index (χ2v) is 3.35. The van der Waals surface area contributed by atoms with Crippen molar-refractivity contribution in [3.63, 3.8) is 0 Å². The third-order valence-corrected chi connectivity index (χ3v) is 2.38. The van der Waals surface area contributed by atoms with E-state index in [-0.39, 0.29) is 0 Å². The molecule has 2 heteroatoms. The van der Waals surface area contributed by atoms with Gasteiger partial charge in [-0.15, -0.1) is 0 Å². The van der Waals surface area contributed by atoms with Crippen molar-refractivity contribution in [2.75, 3.05) is 0 Å². The van der Waals surface area contributed by atoms with Crippen LogP contribution >= 0.6 is 0 Å². The van der Waals surface area contributed by atoms with Gasteiger partial charge < -0.3 is 10.2 Å². The molecule has 0 heterocycles. The van der Waals surface area contributed by atoms with Crippen molar-refractivity contribution in [1.29, 1.82) is 0 Å². The first-order chi connectivity index (χ1) is 4.64. The summed E-state index contributed by atoms with van der Waals surface area (Å²) in [5.41, 5.74) is 0. The smallest absolute Gasteiger partial charge is 0.162 e. The Morgan fingerprint density at radius 3 is 2.60 bits per heavy atom. The fraction of sp³-hybridized carbons (Fsp3) is 1.00. The average molecular weight is 144 g/mol. The first-order valence-corrected chi connectivity index (χ1v) is 4.09. The van der Waals surface area contributed by atoms with Gasteiger partial charge in [0.05, 0.1) is 0 Å². The van der Waals surface area contributed by atoms with Gasteiger partial charge in [0, 0.05) is 12.8 Å². The summed E-state index contributed by atoms with van der Waals surface area (Å²) in [7, 11) is 0. The SMILES string of the molecule is CCC1CCCC(O)(O)C1. The van der Waals surface area contributed by atoms with Gasteiger partial charge >= 0.3 is 0 Å². The normalized spacial score (nSPS) is 32.1. The third kappa shape index (κ3) is 1.96. The minimum atomic E-state index is -1.35. The molecule has 0 spiro atoms. The van der Waals surface area contributed by atoms with E-state index in [1.165, 1.54) is 6.42 Å². The monoisotopic (exact) mass is 144 g/mol. The molecule has 0 saturated heterocycles. The van der Waals surface area contributed by atoms with E-state index in [4.69, 9.17) is 0 Å². The second kappa shape index (κ2) is 2.89. The molecule has 0 aliphatic heterocycles. The molecule has 1 saturated carbocycles. The molecule has 0 amide bonds. The molecule has 0 bridgehead atoms. The number of hydrogen-bond donors (Lipinski definition) is 2. The Labute approximate surface area is 61.9 Å². The predicted molar refractivity (Wildman–Crippen MR) is 39.4 cm³/mol. The van der Waals surface area contributed by atoms with Gasteiger partial charge in [0.2, 0.25) is 0 Å². The van der Waals surface area contributed by atoms with Crippen LogP contribution in [0.3, 0.4) is 0 Å². The third-order valence-electron chi connectivity index (χ3n) is 2.38. The van der Waals surface area contributed by atoms with Crippen LogP contribution in [-0.4, -0.2) is 16.0 Å². The quantitative estimate of drug-likeness (QED) is 0.544. The molecule has 1 aliphatic carbocycles. The van der Waals surface area contributed by atoms with Crippen LogP contribution in [0.2, 0.25) is 0 Å². The van der Waals surface area contributed by atoms with E-state index in [0.29, 0.717) is 18.8 Å². The molecular weight excluding hydrogens is 128 g/mol. The molecule has 1 fully saturated rings. The lowest BCUT2D eigenvalue weighted by Crippen LogP contribution is -2.34. The minimum absolute atomic E-state index is 0.531. The van der Waals surface area contributed by atoms with Crippen molar-refractivity contribution in [1.82, 2.24) is 0 Å². The zero-order valence-electron chi connectivity index (χ0n) is 6.51. The zero-order valence-corrected chi connectivity index (χ0v) is 6.51. The lowest BCUT2D eigenvalue weighted by molar-refractivity contribution is -0.190. The van der Waals surface area contributed by atoms with Crippen LogP contribution in [0.25, 0.3) is 0 Å². The topological polar surface area (TPSA) is 40.5 Å². The maximum Gasteiger partial charge on any atom is 0.162 e. The molecule has 2 nitrogen and oxygen atoms in total. The van der Waals surface area contributed by atoms with Crippen molar-refractivity contribution >= 4 is 0 Å². The molecule has 1 aliphatic rings. The first kappa shape index (κ1) is 8.02. The van der Waals surface area contributed by atoms with Gasteiger partial charge in [-0.05, 0) is 12.3 Å². The highest BCUT2D eigenvalue weighted by atomic mass is 16.5. The predicted octanol–water partition coefficient (Wildman–Crippen LogP) is 1.27. The van der Waals surface area contributed by atoms with Gasteiger partial charge in [-0.3, -0.25) is 0 Å². The zero-order chi connectivity index (χ0) is 7.61. The molecule has 0 aromatic carbocycles. The summed E-state index contributed by atoms with van der Waals surface area (Å²) in [4.78, 5) is 0. The first-order valence-electron chi connectivity index (χ1n) is 4.09. The van der Waals surface area contributed by atoms with Gasteiger partial charge in [-0.25, -0.2) is 0 Å². The highest BCUT2D eigenvalue weighted by Crippen LogP contribution is 2.31. The van der Waals surface area contributed by atoms with E-state index in [9.17, 15) is 10.2 Å². The largest absolute Gasteiger partial charge is 0.366 e. The summed E-state index contributed by atoms with van der Waals surface area (Å²) in [5.74, 6) is -0.817. The van der Waals surface area contributed by atoms with Crippen LogP contribution in [0.15, 0.2) is 0 Å². The highest BCUT2D eigenvalue weighted by molar-refractivity contribution is 4.76. The number of rotatable bonds is 1. The molecule has 10 heavy (non-hydrogen) atoms. The molecule has 1 unspecified atom stereocenters. The van der Waals surface area contributed by atoms with Crippen molar-refractivity contribution in [3.8, 4) is 0 Å². The summed E-state index contributed by atoms with van der Waals surface area (Å²) in [6, 6.07) is 0. The second-order valence-electron chi connectivity index (χ2n) is 3.35. The molecule has 0 aromatic heterocycles. The molecule has 1 rings (SSSR count). The lowest BCUT2D eigenvalue weighted by Gasteiger charge is -2.31. The molecular formula is C8H16O2. The van der Waals surface area contributed by atoms with Gasteiger partial charge in [-0.1, -0.05) is 19.8 Å². The number of aliphatic hydroxyl groups is 2. The summed E-state index contributed by atoms with van der Waals surface area (Å²) in [6.07, 6.45) is 4.33. The summed E-state index contributed by atoms with van der Waals surface area (Å²) >= 11 is 0. The Morgan fingerprint density at radius 1 is 1.50 bits per heavy atom. The van der Waals surface area contributed by atoms with Crippen molar-refractivity contribution in [2.24, 2.45) is 5.92 Å². The Bertz CT molecular complexity index is 110. The molecule has 2 N–H and O–H groups in total. The van der Waals surface area contributed by atoms with E-state index < -0.39 is 5.79 Å². The average Bonchev–Trinajstić information content (AvgIpc) is 1.86. The van der Waals surface area contributed by atoms with Gasteiger partial charge in [-0.2, -0.15) is 0 Å². The van der Waals surface area contributed by atoms with E-state index in [1.54, 1.807) is 0 Å². The van der Waals surface area contributed by atoms with Crippen LogP contribution in [0.5, 0.6) is 0 Å². The van der Waals surface area contributed by atoms with Crippen molar-refractivity contribution in [2.45, 2.75) is 44.8 Å². The maximum absolute atomic E-state index is 9.23. The highest BCUT2D eigenvalue weighted by Gasteiger charge is 2.30. The number of hydrogen-bond acceptors (Lipinski definition) is 2. The Balaban J connectivity index is 2.40. The maximum atomic E-state index is 9.23. The summed E-state index contributed by atoms with van der Waals surface area (Å²) in [6.45, 7) is 2.10. The van der Waals surface area contributed by atoms with E-state index >= 15 is 0 Å². The Morgan fingerprint density at radius 2 is 2.20 bits per heavy atom. The standard InChI is InChI=1S/C8H16O2/c1-2-7-4-3-5-8(9,10)6-7/h7,9-10H,2-6H2,1H3. The van der Waals surface area contributed by atoms with E-state index in [0.717, 1.165) is 12.8 Å². The Hall–Kier alpha value is -0.0800. The molecule has 0 radical (unpaired) electrons. The fourth-order valence-electron chi connectivity index (χ4n) is 1.69. The fourth-order valence-corrected chi connectivity index (χ4v) is 1.69. The summed E-state index contributed by atoms with van der Waals surface area (Å²) in [5, 5.41) is 18.5. The van der Waals surface area contributed by atoms with Crippen LogP contribution in [0, 0.1) is 5.92 Å². The van der Waals surface area contributed by atoms with E-state index in [2.05, 4.69) is 6.92 Å². The summed E-state index contributed by atoms with van der Waals surface area (Å²) < 4.78 is 0. The van der Waals surface area contributed by atoms with Gasteiger partial charge in [0.15, 0.2) is 5.79 Å². The van der Waals surface area contributed by atoms with Gasteiger partial charge in [0.1, 0.15) is 0 Å². The van der Waals surface area contributed by atoms with Crippen molar-refractivity contribution in [3.05, 3.63) is 0 Å². The van der Waals surface area contributed by atoms with E-state index in [1.807, 2.05) is 0 Å². The Kier molecular flexibility index (Phi) is 2.32. The van der Waals surface area contributed by atoms with Gasteiger partial charge in [0.25, 0.3) is 0 Å². The minimum Gasteiger partial charge on any atom is -0.366 e.